The maximum absolute atomic E-state index is 12.1. The van der Waals surface area contributed by atoms with E-state index in [1.165, 1.54) is 0 Å². The Hall–Kier alpha value is -3.70. The van der Waals surface area contributed by atoms with E-state index in [1.54, 1.807) is 0 Å². The predicted octanol–water partition coefficient (Wildman–Crippen LogP) is 11.0. The molecule has 50 heavy (non-hydrogen) atoms. The number of likely N-dealkylation sites (N-methyl/N-ethyl adjacent to an activating group) is 1. The molecule has 0 atom stereocenters. The van der Waals surface area contributed by atoms with Crippen LogP contribution in [-0.2, 0) is 9.59 Å². The van der Waals surface area contributed by atoms with Gasteiger partial charge in [0, 0.05) is 39.0 Å². The van der Waals surface area contributed by atoms with Gasteiger partial charge >= 0.3 is 0 Å². The zero-order chi connectivity index (χ0) is 36.4. The third-order valence-corrected chi connectivity index (χ3v) is 7.50. The van der Waals surface area contributed by atoms with Crippen molar-refractivity contribution in [1.29, 1.82) is 0 Å². The third kappa shape index (κ3) is 38.7. The maximum atomic E-state index is 12.1. The van der Waals surface area contributed by atoms with Crippen LogP contribution in [0, 0.1) is 0 Å². The van der Waals surface area contributed by atoms with Crippen LogP contribution >= 0.6 is 0 Å². The lowest BCUT2D eigenvalue weighted by molar-refractivity contribution is -0.121. The fourth-order valence-electron chi connectivity index (χ4n) is 4.56. The van der Waals surface area contributed by atoms with Crippen LogP contribution in [0.2, 0.25) is 0 Å². The Morgan fingerprint density at radius 1 is 0.420 bits per heavy atom. The van der Waals surface area contributed by atoms with Crippen molar-refractivity contribution in [3.05, 3.63) is 122 Å². The van der Waals surface area contributed by atoms with Crippen molar-refractivity contribution in [3.63, 3.8) is 0 Å². The van der Waals surface area contributed by atoms with Gasteiger partial charge in [0.25, 0.3) is 0 Å². The second-order valence-corrected chi connectivity index (χ2v) is 12.2. The van der Waals surface area contributed by atoms with Crippen LogP contribution in [0.4, 0.5) is 0 Å². The van der Waals surface area contributed by atoms with E-state index in [0.29, 0.717) is 25.9 Å². The summed E-state index contributed by atoms with van der Waals surface area (Å²) in [5, 5.41) is 6.02. The number of nitrogens with one attached hydrogen (secondary N) is 2. The minimum Gasteiger partial charge on any atom is -0.355 e. The minimum absolute atomic E-state index is 0.103. The Morgan fingerprint density at radius 3 is 0.960 bits per heavy atom. The summed E-state index contributed by atoms with van der Waals surface area (Å²) in [5.74, 6) is 0.207. The molecule has 0 aromatic carbocycles. The van der Waals surface area contributed by atoms with Gasteiger partial charge in [-0.15, -0.1) is 0 Å². The van der Waals surface area contributed by atoms with Gasteiger partial charge in [-0.3, -0.25) is 9.59 Å². The fourth-order valence-corrected chi connectivity index (χ4v) is 4.56. The number of rotatable bonds is 32. The number of amides is 2. The van der Waals surface area contributed by atoms with E-state index in [0.717, 1.165) is 103 Å². The van der Waals surface area contributed by atoms with Crippen LogP contribution in [0.25, 0.3) is 0 Å². The van der Waals surface area contributed by atoms with E-state index in [2.05, 4.69) is 151 Å². The molecule has 0 saturated carbocycles. The van der Waals surface area contributed by atoms with Gasteiger partial charge < -0.3 is 15.5 Å². The van der Waals surface area contributed by atoms with Crippen molar-refractivity contribution in [2.75, 3.05) is 33.2 Å². The van der Waals surface area contributed by atoms with Crippen LogP contribution in [0.1, 0.15) is 117 Å². The first kappa shape index (κ1) is 46.3. The van der Waals surface area contributed by atoms with Crippen LogP contribution in [0.15, 0.2) is 122 Å². The van der Waals surface area contributed by atoms with Crippen molar-refractivity contribution in [1.82, 2.24) is 15.5 Å². The highest BCUT2D eigenvalue weighted by molar-refractivity contribution is 5.76. The topological polar surface area (TPSA) is 61.4 Å². The molecule has 0 radical (unpaired) electrons. The second-order valence-electron chi connectivity index (χ2n) is 12.2. The first-order chi connectivity index (χ1) is 24.6. The standard InChI is InChI=1S/C45H71N3O2/c1-4-6-8-10-12-14-16-18-20-22-24-26-28-30-32-34-36-38-44(49)46-40-42-48(3)43-41-47-45(50)39-37-35-33-31-29-27-25-23-21-19-17-15-13-11-9-7-5-2/h6-9,12-15,18-21,24-27,30-33H,4-5,10-11,16-17,22-23,28-29,34-43H2,1-3H3,(H,46,49)(H,47,50)/b8-6-,9-7-,14-12-,15-13-,20-18-,21-19-,26-24-,27-25-,32-30-,33-31-. The fraction of sp³-hybridized carbons (Fsp3) is 0.511. The molecule has 0 aromatic heterocycles. The van der Waals surface area contributed by atoms with E-state index in [9.17, 15) is 9.59 Å². The lowest BCUT2D eigenvalue weighted by Gasteiger charge is -2.17. The van der Waals surface area contributed by atoms with E-state index < -0.39 is 0 Å². The zero-order valence-corrected chi connectivity index (χ0v) is 32.0. The molecule has 0 saturated heterocycles. The summed E-state index contributed by atoms with van der Waals surface area (Å²) in [6.07, 6.45) is 58.6. The van der Waals surface area contributed by atoms with Gasteiger partial charge in [0.1, 0.15) is 0 Å². The van der Waals surface area contributed by atoms with E-state index in [1.807, 2.05) is 7.05 Å². The highest BCUT2D eigenvalue weighted by Crippen LogP contribution is 2.01. The number of hydrogen-bond acceptors (Lipinski definition) is 3. The van der Waals surface area contributed by atoms with Crippen molar-refractivity contribution >= 4 is 11.8 Å². The smallest absolute Gasteiger partial charge is 0.220 e. The number of unbranched alkanes of at least 4 members (excludes halogenated alkanes) is 2. The van der Waals surface area contributed by atoms with Crippen LogP contribution in [0.5, 0.6) is 0 Å². The van der Waals surface area contributed by atoms with Gasteiger partial charge in [-0.2, -0.15) is 0 Å². The number of carbonyl (C=O) groups is 2. The number of allylic oxidation sites excluding steroid dienone is 20. The molecule has 0 aliphatic carbocycles. The molecule has 5 heteroatoms. The third-order valence-electron chi connectivity index (χ3n) is 7.50. The monoisotopic (exact) mass is 686 g/mol. The van der Waals surface area contributed by atoms with Gasteiger partial charge in [-0.05, 0) is 96.9 Å². The molecule has 2 amide bonds. The van der Waals surface area contributed by atoms with Gasteiger partial charge in [0.2, 0.25) is 11.8 Å². The van der Waals surface area contributed by atoms with Crippen molar-refractivity contribution in [2.24, 2.45) is 0 Å². The molecule has 0 spiro atoms. The molecule has 0 unspecified atom stereocenters. The largest absolute Gasteiger partial charge is 0.355 e. The average molecular weight is 686 g/mol. The minimum atomic E-state index is 0.103. The van der Waals surface area contributed by atoms with Gasteiger partial charge in [-0.1, -0.05) is 135 Å². The molecule has 2 N–H and O–H groups in total. The van der Waals surface area contributed by atoms with E-state index in [4.69, 9.17) is 0 Å². The molecule has 278 valence electrons. The highest BCUT2D eigenvalue weighted by atomic mass is 16.2. The summed E-state index contributed by atoms with van der Waals surface area (Å²) in [6.45, 7) is 7.08. The maximum Gasteiger partial charge on any atom is 0.220 e. The Morgan fingerprint density at radius 2 is 0.680 bits per heavy atom. The number of hydrogen-bond donors (Lipinski definition) is 2. The average Bonchev–Trinajstić information content (AvgIpc) is 3.11. The quantitative estimate of drug-likeness (QED) is 0.0547. The Labute approximate surface area is 307 Å². The van der Waals surface area contributed by atoms with Crippen molar-refractivity contribution < 1.29 is 9.59 Å². The highest BCUT2D eigenvalue weighted by Gasteiger charge is 2.04. The Bertz CT molecular complexity index is 1020. The molecular weight excluding hydrogens is 615 g/mol. The summed E-state index contributed by atoms with van der Waals surface area (Å²) >= 11 is 0. The summed E-state index contributed by atoms with van der Waals surface area (Å²) in [4.78, 5) is 26.4. The van der Waals surface area contributed by atoms with Gasteiger partial charge in [0.15, 0.2) is 0 Å². The SMILES string of the molecule is CC/C=C\C/C=C\C/C=C\C/C=C\C/C=C\CCCC(=O)NCCN(C)CCNC(=O)CCC/C=C\C/C=C\C/C=C\C/C=C\C/C=C\CC. The van der Waals surface area contributed by atoms with Crippen molar-refractivity contribution in [3.8, 4) is 0 Å². The molecule has 5 nitrogen and oxygen atoms in total. The van der Waals surface area contributed by atoms with Crippen LogP contribution in [-0.4, -0.2) is 49.9 Å². The molecule has 0 aliphatic heterocycles. The summed E-state index contributed by atoms with van der Waals surface area (Å²) in [7, 11) is 2.01. The molecule has 0 fully saturated rings. The summed E-state index contributed by atoms with van der Waals surface area (Å²) < 4.78 is 0. The van der Waals surface area contributed by atoms with Gasteiger partial charge in [-0.25, -0.2) is 0 Å². The molecule has 0 aliphatic rings. The summed E-state index contributed by atoms with van der Waals surface area (Å²) in [6, 6.07) is 0. The second kappa shape index (κ2) is 39.7. The molecule has 0 rings (SSSR count). The first-order valence-corrected chi connectivity index (χ1v) is 19.3. The molecular formula is C45H71N3O2. The van der Waals surface area contributed by atoms with E-state index >= 15 is 0 Å². The predicted molar refractivity (Wildman–Crippen MR) is 220 cm³/mol. The van der Waals surface area contributed by atoms with Crippen molar-refractivity contribution in [2.45, 2.75) is 117 Å². The molecule has 0 heterocycles. The Kier molecular flexibility index (Phi) is 36.8. The van der Waals surface area contributed by atoms with Crippen LogP contribution < -0.4 is 10.6 Å². The zero-order valence-electron chi connectivity index (χ0n) is 32.0. The van der Waals surface area contributed by atoms with E-state index in [-0.39, 0.29) is 11.8 Å². The lowest BCUT2D eigenvalue weighted by Crippen LogP contribution is -2.37. The normalized spacial score (nSPS) is 13.0. The lowest BCUT2D eigenvalue weighted by atomic mass is 10.2. The molecule has 0 bridgehead atoms. The number of nitrogens with zero attached hydrogens (tertiary/aromatic N) is 1. The number of carbonyl (C=O) groups excluding carboxylic acids is 2. The molecule has 0 aromatic rings. The Balaban J connectivity index is 3.66. The first-order valence-electron chi connectivity index (χ1n) is 19.3. The van der Waals surface area contributed by atoms with Crippen LogP contribution in [0.3, 0.4) is 0 Å². The summed E-state index contributed by atoms with van der Waals surface area (Å²) in [5.41, 5.74) is 0. The van der Waals surface area contributed by atoms with Gasteiger partial charge in [0.05, 0.1) is 0 Å².